The van der Waals surface area contributed by atoms with Gasteiger partial charge in [0.15, 0.2) is 0 Å². The van der Waals surface area contributed by atoms with Crippen molar-refractivity contribution in [1.29, 1.82) is 0 Å². The molecule has 1 nitrogen and oxygen atoms in total. The Balaban J connectivity index is 2.93. The Morgan fingerprint density at radius 3 is 2.09 bits per heavy atom. The minimum Gasteiger partial charge on any atom is -0.315 e. The molecule has 0 aliphatic rings. The molecule has 2 heteroatoms. The molecule has 1 rings (SSSR count). The van der Waals surface area contributed by atoms with Crippen LogP contribution in [0.15, 0.2) is 36.4 Å². The van der Waals surface area contributed by atoms with Crippen LogP contribution < -0.4 is 0 Å². The van der Waals surface area contributed by atoms with Crippen LogP contribution >= 0.6 is 11.6 Å². The molecule has 1 unspecified atom stereocenters. The molecular weight excluding hydrogens is 302 g/mol. The van der Waals surface area contributed by atoms with Gasteiger partial charge in [-0.3, -0.25) is 0 Å². The van der Waals surface area contributed by atoms with Crippen LogP contribution in [0, 0.1) is 0 Å². The first kappa shape index (κ1) is 20.3. The van der Waals surface area contributed by atoms with Crippen LogP contribution in [0.4, 0.5) is 0 Å². The van der Waals surface area contributed by atoms with Gasteiger partial charge in [-0.05, 0) is 51.8 Å². The molecule has 0 fully saturated rings. The molecule has 0 aliphatic carbocycles. The van der Waals surface area contributed by atoms with Crippen molar-refractivity contribution in [3.63, 3.8) is 0 Å². The molecule has 0 aliphatic heterocycles. The first-order valence-electron chi connectivity index (χ1n) is 9.37. The van der Waals surface area contributed by atoms with Gasteiger partial charge in [-0.2, -0.15) is 0 Å². The zero-order valence-electron chi connectivity index (χ0n) is 15.5. The molecule has 0 amide bonds. The van der Waals surface area contributed by atoms with E-state index in [-0.39, 0.29) is 0 Å². The minimum atomic E-state index is 0.429. The summed E-state index contributed by atoms with van der Waals surface area (Å²) < 4.78 is 1.14. The summed E-state index contributed by atoms with van der Waals surface area (Å²) in [5.74, 6) is 0. The van der Waals surface area contributed by atoms with Gasteiger partial charge >= 0.3 is 0 Å². The van der Waals surface area contributed by atoms with Crippen LogP contribution in [0.25, 0.3) is 0 Å². The van der Waals surface area contributed by atoms with Crippen molar-refractivity contribution in [3.8, 4) is 0 Å². The molecule has 0 saturated carbocycles. The summed E-state index contributed by atoms with van der Waals surface area (Å²) in [4.78, 5) is 0. The van der Waals surface area contributed by atoms with Crippen molar-refractivity contribution in [2.45, 2.75) is 65.8 Å². The van der Waals surface area contributed by atoms with E-state index in [2.05, 4.69) is 52.0 Å². The van der Waals surface area contributed by atoms with Crippen LogP contribution in [-0.4, -0.2) is 24.1 Å². The summed E-state index contributed by atoms with van der Waals surface area (Å²) in [5.41, 5.74) is 1.38. The molecule has 1 aromatic rings. The molecule has 0 saturated heterocycles. The van der Waals surface area contributed by atoms with E-state index in [0.717, 1.165) is 9.51 Å². The topological polar surface area (TPSA) is 0 Å². The number of allylic oxidation sites excluding steroid dienone is 1. The van der Waals surface area contributed by atoms with Crippen LogP contribution in [0.3, 0.4) is 0 Å². The molecule has 130 valence electrons. The summed E-state index contributed by atoms with van der Waals surface area (Å²) in [7, 11) is 0. The van der Waals surface area contributed by atoms with Crippen LogP contribution in [0.5, 0.6) is 0 Å². The average Bonchev–Trinajstić information content (AvgIpc) is 2.58. The van der Waals surface area contributed by atoms with E-state index in [1.165, 1.54) is 57.3 Å². The molecule has 0 N–H and O–H groups in total. The molecule has 0 spiro atoms. The monoisotopic (exact) mass is 336 g/mol. The summed E-state index contributed by atoms with van der Waals surface area (Å²) in [6.45, 7) is 12.7. The predicted octanol–water partition coefficient (Wildman–Crippen LogP) is 6.78. The highest BCUT2D eigenvalue weighted by Gasteiger charge is 2.32. The van der Waals surface area contributed by atoms with Crippen LogP contribution in [-0.2, 0) is 0 Å². The van der Waals surface area contributed by atoms with Gasteiger partial charge in [0.1, 0.15) is 6.04 Å². The predicted molar refractivity (Wildman–Crippen MR) is 104 cm³/mol. The number of nitrogens with zero attached hydrogens (tertiary/aromatic N) is 1. The highest BCUT2D eigenvalue weighted by molar-refractivity contribution is 6.30. The SMILES string of the molecule is C/C=C/C(c1ccc(Cl)cc1)[N+](CC)(CC)CCCCCCC. The van der Waals surface area contributed by atoms with Gasteiger partial charge in [-0.25, -0.2) is 0 Å². The van der Waals surface area contributed by atoms with Gasteiger partial charge in [0.25, 0.3) is 0 Å². The largest absolute Gasteiger partial charge is 0.315 e. The second kappa shape index (κ2) is 10.9. The number of hydrogen-bond acceptors (Lipinski definition) is 0. The maximum atomic E-state index is 6.08. The third-order valence-electron chi connectivity index (χ3n) is 5.14. The lowest BCUT2D eigenvalue weighted by atomic mass is 10.00. The smallest absolute Gasteiger partial charge is 0.133 e. The Morgan fingerprint density at radius 2 is 1.57 bits per heavy atom. The fourth-order valence-corrected chi connectivity index (χ4v) is 3.68. The third kappa shape index (κ3) is 5.97. The fourth-order valence-electron chi connectivity index (χ4n) is 3.55. The van der Waals surface area contributed by atoms with Gasteiger partial charge in [0.2, 0.25) is 0 Å². The van der Waals surface area contributed by atoms with Crippen LogP contribution in [0.2, 0.25) is 5.02 Å². The zero-order chi connectivity index (χ0) is 17.1. The van der Waals surface area contributed by atoms with E-state index < -0.39 is 0 Å². The lowest BCUT2D eigenvalue weighted by Gasteiger charge is -2.43. The third-order valence-corrected chi connectivity index (χ3v) is 5.39. The summed E-state index contributed by atoms with van der Waals surface area (Å²) in [5, 5.41) is 0.818. The number of likely N-dealkylation sites (N-methyl/N-ethyl adjacent to an activating group) is 1. The van der Waals surface area contributed by atoms with Crippen molar-refractivity contribution < 1.29 is 4.48 Å². The molecule has 1 aromatic carbocycles. The highest BCUT2D eigenvalue weighted by Crippen LogP contribution is 2.31. The van der Waals surface area contributed by atoms with Crippen molar-refractivity contribution in [3.05, 3.63) is 47.0 Å². The molecule has 0 aromatic heterocycles. The number of rotatable bonds is 11. The van der Waals surface area contributed by atoms with Gasteiger partial charge in [0.05, 0.1) is 19.6 Å². The lowest BCUT2D eigenvalue weighted by molar-refractivity contribution is -0.948. The Kier molecular flexibility index (Phi) is 9.59. The number of unbranched alkanes of at least 4 members (excludes halogenated alkanes) is 4. The fraction of sp³-hybridized carbons (Fsp3) is 0.619. The number of benzene rings is 1. The van der Waals surface area contributed by atoms with Gasteiger partial charge in [0, 0.05) is 10.6 Å². The first-order chi connectivity index (χ1) is 11.1. The van der Waals surface area contributed by atoms with Crippen LogP contribution in [0.1, 0.15) is 71.4 Å². The van der Waals surface area contributed by atoms with Gasteiger partial charge in [-0.15, -0.1) is 0 Å². The molecule has 0 bridgehead atoms. The van der Waals surface area contributed by atoms with Gasteiger partial charge in [-0.1, -0.05) is 56.0 Å². The second-order valence-electron chi connectivity index (χ2n) is 6.51. The van der Waals surface area contributed by atoms with Crippen molar-refractivity contribution in [1.82, 2.24) is 0 Å². The van der Waals surface area contributed by atoms with Crippen molar-refractivity contribution in [2.75, 3.05) is 19.6 Å². The molecule has 1 atom stereocenters. The summed E-state index contributed by atoms with van der Waals surface area (Å²) >= 11 is 6.08. The molecule has 23 heavy (non-hydrogen) atoms. The Morgan fingerprint density at radius 1 is 0.957 bits per heavy atom. The lowest BCUT2D eigenvalue weighted by Crippen LogP contribution is -2.50. The maximum Gasteiger partial charge on any atom is 0.133 e. The number of halogens is 1. The number of quaternary nitrogens is 1. The van der Waals surface area contributed by atoms with E-state index >= 15 is 0 Å². The second-order valence-corrected chi connectivity index (χ2v) is 6.95. The van der Waals surface area contributed by atoms with E-state index in [1.807, 2.05) is 12.1 Å². The maximum absolute atomic E-state index is 6.08. The van der Waals surface area contributed by atoms with E-state index in [0.29, 0.717) is 6.04 Å². The normalized spacial score (nSPS) is 13.6. The first-order valence-corrected chi connectivity index (χ1v) is 9.75. The number of hydrogen-bond donors (Lipinski definition) is 0. The van der Waals surface area contributed by atoms with E-state index in [9.17, 15) is 0 Å². The minimum absolute atomic E-state index is 0.429. The molecule has 0 radical (unpaired) electrons. The standard InChI is InChI=1S/C21H35ClN/c1-5-9-10-11-12-18-23(7-3,8-4)21(13-6-2)19-14-16-20(22)17-15-19/h6,13-17,21H,5,7-12,18H2,1-4H3/q+1/b13-6+. The quantitative estimate of drug-likeness (QED) is 0.237. The average molecular weight is 337 g/mol. The van der Waals surface area contributed by atoms with Crippen molar-refractivity contribution in [2.24, 2.45) is 0 Å². The summed E-state index contributed by atoms with van der Waals surface area (Å²) in [6.07, 6.45) is 11.3. The molecular formula is C21H35ClN+. The Labute approximate surface area is 148 Å². The zero-order valence-corrected chi connectivity index (χ0v) is 16.3. The Bertz CT molecular complexity index is 445. The van der Waals surface area contributed by atoms with Gasteiger partial charge < -0.3 is 4.48 Å². The Hall–Kier alpha value is -0.790. The van der Waals surface area contributed by atoms with E-state index in [4.69, 9.17) is 11.6 Å². The molecule has 0 heterocycles. The summed E-state index contributed by atoms with van der Waals surface area (Å²) in [6, 6.07) is 8.87. The van der Waals surface area contributed by atoms with Crippen molar-refractivity contribution >= 4 is 11.6 Å². The highest BCUT2D eigenvalue weighted by atomic mass is 35.5. The van der Waals surface area contributed by atoms with E-state index in [1.54, 1.807) is 0 Å².